The number of aromatic nitrogens is 3. The van der Waals surface area contributed by atoms with Crippen LogP contribution in [0.15, 0.2) is 87.3 Å². The van der Waals surface area contributed by atoms with E-state index in [9.17, 15) is 4.79 Å². The van der Waals surface area contributed by atoms with Crippen LogP contribution in [0.4, 0.5) is 0 Å². The number of para-hydroxylation sites is 1. The molecular weight excluding hydrogens is 476 g/mol. The molecule has 0 unspecified atom stereocenters. The van der Waals surface area contributed by atoms with Gasteiger partial charge in [-0.15, -0.1) is 0 Å². The molecule has 6 heteroatoms. The SMILES string of the molecule is CCc1nc2ccc(Br)cc2c(=O)n1N=Cc1cn(Cc2cccc(C)c2)c2ccccc12. The zero-order valence-electron chi connectivity index (χ0n) is 18.5. The molecule has 2 heterocycles. The van der Waals surface area contributed by atoms with Gasteiger partial charge in [0, 0.05) is 40.1 Å². The zero-order valence-corrected chi connectivity index (χ0v) is 20.1. The molecule has 0 N–H and O–H groups in total. The molecule has 0 fully saturated rings. The summed E-state index contributed by atoms with van der Waals surface area (Å²) in [6.07, 6.45) is 4.47. The van der Waals surface area contributed by atoms with Crippen LogP contribution in [0.25, 0.3) is 21.8 Å². The number of rotatable bonds is 5. The van der Waals surface area contributed by atoms with Crippen molar-refractivity contribution in [2.24, 2.45) is 5.10 Å². The van der Waals surface area contributed by atoms with Crippen LogP contribution in [0, 0.1) is 6.92 Å². The second-order valence-corrected chi connectivity index (χ2v) is 9.04. The van der Waals surface area contributed by atoms with Crippen molar-refractivity contribution in [1.29, 1.82) is 0 Å². The van der Waals surface area contributed by atoms with Crippen molar-refractivity contribution < 1.29 is 0 Å². The summed E-state index contributed by atoms with van der Waals surface area (Å²) in [5, 5.41) is 6.24. The molecule has 0 amide bonds. The first-order valence-electron chi connectivity index (χ1n) is 10.9. The highest BCUT2D eigenvalue weighted by molar-refractivity contribution is 9.10. The fraction of sp³-hybridized carbons (Fsp3) is 0.148. The summed E-state index contributed by atoms with van der Waals surface area (Å²) in [6, 6.07) is 22.3. The van der Waals surface area contributed by atoms with Gasteiger partial charge >= 0.3 is 0 Å². The minimum absolute atomic E-state index is 0.169. The van der Waals surface area contributed by atoms with Gasteiger partial charge in [0.05, 0.1) is 17.1 Å². The summed E-state index contributed by atoms with van der Waals surface area (Å²) in [5.41, 5.74) is 5.09. The third-order valence-corrected chi connectivity index (χ3v) is 6.25. The summed E-state index contributed by atoms with van der Waals surface area (Å²) in [5.74, 6) is 0.634. The standard InChI is InChI=1S/C27H23BrN4O/c1-3-26-30-24-12-11-21(28)14-23(24)27(33)32(26)29-15-20-17-31(25-10-5-4-9-22(20)25)16-19-8-6-7-18(2)13-19/h4-15,17H,3,16H2,1-2H3. The van der Waals surface area contributed by atoms with Gasteiger partial charge in [0.2, 0.25) is 0 Å². The minimum atomic E-state index is -0.169. The second-order valence-electron chi connectivity index (χ2n) is 8.12. The molecular formula is C27H23BrN4O. The van der Waals surface area contributed by atoms with E-state index in [4.69, 9.17) is 0 Å². The van der Waals surface area contributed by atoms with E-state index in [0.717, 1.165) is 27.5 Å². The number of aryl methyl sites for hydroxylation is 2. The highest BCUT2D eigenvalue weighted by Gasteiger charge is 2.11. The fourth-order valence-corrected chi connectivity index (χ4v) is 4.54. The van der Waals surface area contributed by atoms with Crippen LogP contribution in [-0.2, 0) is 13.0 Å². The summed E-state index contributed by atoms with van der Waals surface area (Å²) >= 11 is 3.45. The van der Waals surface area contributed by atoms with Gasteiger partial charge in [0.15, 0.2) is 0 Å². The highest BCUT2D eigenvalue weighted by atomic mass is 79.9. The van der Waals surface area contributed by atoms with Gasteiger partial charge in [-0.1, -0.05) is 70.9 Å². The molecule has 5 rings (SSSR count). The predicted octanol–water partition coefficient (Wildman–Crippen LogP) is 5.92. The van der Waals surface area contributed by atoms with Gasteiger partial charge in [-0.25, -0.2) is 4.98 Å². The Bertz CT molecular complexity index is 1580. The Kier molecular flexibility index (Phi) is 5.68. The van der Waals surface area contributed by atoms with Crippen molar-refractivity contribution in [3.05, 3.63) is 110 Å². The highest BCUT2D eigenvalue weighted by Crippen LogP contribution is 2.22. The van der Waals surface area contributed by atoms with Crippen molar-refractivity contribution in [3.63, 3.8) is 0 Å². The largest absolute Gasteiger partial charge is 0.342 e. The normalized spacial score (nSPS) is 11.7. The lowest BCUT2D eigenvalue weighted by Crippen LogP contribution is -2.22. The average Bonchev–Trinajstić information content (AvgIpc) is 3.16. The van der Waals surface area contributed by atoms with Crippen molar-refractivity contribution in [1.82, 2.24) is 14.2 Å². The van der Waals surface area contributed by atoms with E-state index in [1.54, 1.807) is 12.3 Å². The topological polar surface area (TPSA) is 52.2 Å². The maximum Gasteiger partial charge on any atom is 0.282 e. The Labute approximate surface area is 200 Å². The molecule has 5 nitrogen and oxygen atoms in total. The molecule has 2 aromatic heterocycles. The molecule has 0 radical (unpaired) electrons. The molecule has 0 saturated heterocycles. The third-order valence-electron chi connectivity index (χ3n) is 5.76. The summed E-state index contributed by atoms with van der Waals surface area (Å²) in [7, 11) is 0. The van der Waals surface area contributed by atoms with Crippen molar-refractivity contribution in [2.45, 2.75) is 26.8 Å². The quantitative estimate of drug-likeness (QED) is 0.282. The van der Waals surface area contributed by atoms with Gasteiger partial charge in [-0.3, -0.25) is 4.79 Å². The first kappa shape index (κ1) is 21.3. The summed E-state index contributed by atoms with van der Waals surface area (Å²) in [4.78, 5) is 17.9. The number of benzene rings is 3. The Balaban J connectivity index is 1.60. The van der Waals surface area contributed by atoms with Crippen LogP contribution < -0.4 is 5.56 Å². The Morgan fingerprint density at radius 3 is 2.70 bits per heavy atom. The molecule has 0 atom stereocenters. The van der Waals surface area contributed by atoms with E-state index >= 15 is 0 Å². The van der Waals surface area contributed by atoms with Crippen LogP contribution in [0.1, 0.15) is 29.4 Å². The van der Waals surface area contributed by atoms with E-state index < -0.39 is 0 Å². The number of hydrogen-bond acceptors (Lipinski definition) is 3. The monoisotopic (exact) mass is 498 g/mol. The fourth-order valence-electron chi connectivity index (χ4n) is 4.18. The Hall–Kier alpha value is -3.51. The molecule has 5 aromatic rings. The first-order valence-corrected chi connectivity index (χ1v) is 11.7. The molecule has 0 aliphatic rings. The van der Waals surface area contributed by atoms with Crippen molar-refractivity contribution >= 4 is 44.0 Å². The lowest BCUT2D eigenvalue weighted by atomic mass is 10.1. The minimum Gasteiger partial charge on any atom is -0.342 e. The first-order chi connectivity index (χ1) is 16.0. The van der Waals surface area contributed by atoms with E-state index in [1.165, 1.54) is 15.8 Å². The molecule has 0 saturated carbocycles. The summed E-state index contributed by atoms with van der Waals surface area (Å²) in [6.45, 7) is 4.85. The zero-order chi connectivity index (χ0) is 22.9. The number of nitrogens with zero attached hydrogens (tertiary/aromatic N) is 4. The molecule has 33 heavy (non-hydrogen) atoms. The van der Waals surface area contributed by atoms with E-state index in [-0.39, 0.29) is 5.56 Å². The van der Waals surface area contributed by atoms with Gasteiger partial charge in [0.25, 0.3) is 5.56 Å². The number of halogens is 1. The van der Waals surface area contributed by atoms with Gasteiger partial charge < -0.3 is 4.57 Å². The van der Waals surface area contributed by atoms with Crippen LogP contribution in [0.3, 0.4) is 0 Å². The number of fused-ring (bicyclic) bond motifs is 2. The lowest BCUT2D eigenvalue weighted by Gasteiger charge is -2.07. The van der Waals surface area contributed by atoms with Gasteiger partial charge in [0.1, 0.15) is 5.82 Å². The predicted molar refractivity (Wildman–Crippen MR) is 138 cm³/mol. The Morgan fingerprint density at radius 2 is 1.88 bits per heavy atom. The summed E-state index contributed by atoms with van der Waals surface area (Å²) < 4.78 is 4.49. The van der Waals surface area contributed by atoms with E-state index in [2.05, 4.69) is 80.1 Å². The van der Waals surface area contributed by atoms with Gasteiger partial charge in [-0.05, 0) is 36.8 Å². The molecule has 0 spiro atoms. The van der Waals surface area contributed by atoms with Crippen LogP contribution in [-0.4, -0.2) is 20.4 Å². The number of hydrogen-bond donors (Lipinski definition) is 0. The van der Waals surface area contributed by atoms with E-state index in [0.29, 0.717) is 23.1 Å². The molecule has 164 valence electrons. The van der Waals surface area contributed by atoms with E-state index in [1.807, 2.05) is 31.2 Å². The molecule has 3 aromatic carbocycles. The van der Waals surface area contributed by atoms with Crippen LogP contribution in [0.5, 0.6) is 0 Å². The molecule has 0 bridgehead atoms. The smallest absolute Gasteiger partial charge is 0.282 e. The van der Waals surface area contributed by atoms with Crippen LogP contribution >= 0.6 is 15.9 Å². The van der Waals surface area contributed by atoms with Crippen molar-refractivity contribution in [2.75, 3.05) is 0 Å². The van der Waals surface area contributed by atoms with Crippen molar-refractivity contribution in [3.8, 4) is 0 Å². The second kappa shape index (κ2) is 8.79. The molecule has 0 aliphatic heterocycles. The van der Waals surface area contributed by atoms with Gasteiger partial charge in [-0.2, -0.15) is 9.78 Å². The maximum absolute atomic E-state index is 13.2. The Morgan fingerprint density at radius 1 is 1.03 bits per heavy atom. The average molecular weight is 499 g/mol. The third kappa shape index (κ3) is 4.14. The molecule has 0 aliphatic carbocycles. The lowest BCUT2D eigenvalue weighted by molar-refractivity contribution is 0.734. The van der Waals surface area contributed by atoms with Crippen LogP contribution in [0.2, 0.25) is 0 Å². The maximum atomic E-state index is 13.2.